The third kappa shape index (κ3) is 4.35. The lowest BCUT2D eigenvalue weighted by atomic mass is 9.92. The first-order valence-corrected chi connectivity index (χ1v) is 10.3. The molecule has 172 valence electrons. The summed E-state index contributed by atoms with van der Waals surface area (Å²) in [5, 5.41) is 14.4. The van der Waals surface area contributed by atoms with Crippen molar-refractivity contribution in [1.29, 1.82) is 0 Å². The summed E-state index contributed by atoms with van der Waals surface area (Å²) >= 11 is 0. The summed E-state index contributed by atoms with van der Waals surface area (Å²) in [6, 6.07) is 5.17. The van der Waals surface area contributed by atoms with E-state index in [2.05, 4.69) is 15.2 Å². The second kappa shape index (κ2) is 8.21. The van der Waals surface area contributed by atoms with E-state index in [1.807, 2.05) is 26.0 Å². The summed E-state index contributed by atoms with van der Waals surface area (Å²) in [6.45, 7) is 6.05. The number of rotatable bonds is 5. The fourth-order valence-electron chi connectivity index (χ4n) is 4.49. The van der Waals surface area contributed by atoms with Crippen LogP contribution in [-0.2, 0) is 12.7 Å². The topological polar surface area (TPSA) is 85.5 Å². The Balaban J connectivity index is 1.58. The van der Waals surface area contributed by atoms with Crippen LogP contribution in [0.15, 0.2) is 42.6 Å². The van der Waals surface area contributed by atoms with Crippen LogP contribution in [0.2, 0.25) is 0 Å². The van der Waals surface area contributed by atoms with Gasteiger partial charge in [-0.05, 0) is 36.5 Å². The monoisotopic (exact) mass is 451 g/mol. The third-order valence-electron chi connectivity index (χ3n) is 5.79. The summed E-state index contributed by atoms with van der Waals surface area (Å²) in [5.74, 6) is -0.264. The molecular formula is C21H24F3N5O3. The van der Waals surface area contributed by atoms with Gasteiger partial charge in [-0.2, -0.15) is 13.2 Å². The van der Waals surface area contributed by atoms with Gasteiger partial charge in [-0.3, -0.25) is 9.47 Å². The van der Waals surface area contributed by atoms with Gasteiger partial charge in [-0.25, -0.2) is 0 Å². The molecule has 11 heteroatoms. The molecule has 2 unspecified atom stereocenters. The lowest BCUT2D eigenvalue weighted by Crippen LogP contribution is -2.56. The number of aromatic nitrogens is 2. The van der Waals surface area contributed by atoms with Crippen LogP contribution in [0.25, 0.3) is 0 Å². The molecule has 4 rings (SSSR count). The highest BCUT2D eigenvalue weighted by molar-refractivity contribution is 5.30. The molecule has 0 aliphatic carbocycles. The van der Waals surface area contributed by atoms with Gasteiger partial charge in [0.2, 0.25) is 0 Å². The quantitative estimate of drug-likeness (QED) is 0.425. The molecule has 0 amide bonds. The number of hydrogen-bond donors (Lipinski definition) is 1. The minimum absolute atomic E-state index is 0.0892. The number of allylic oxidation sites excluding steroid dienone is 1. The van der Waals surface area contributed by atoms with E-state index >= 15 is 0 Å². The summed E-state index contributed by atoms with van der Waals surface area (Å²) in [7, 11) is 0. The summed E-state index contributed by atoms with van der Waals surface area (Å²) < 4.78 is 46.7. The molecule has 8 nitrogen and oxygen atoms in total. The number of imidazole rings is 1. The first kappa shape index (κ1) is 22.3. The Hall–Kier alpha value is -2.92. The molecule has 0 radical (unpaired) electrons. The van der Waals surface area contributed by atoms with Crippen LogP contribution in [0, 0.1) is 10.1 Å². The standard InChI is InChI=1S/C21H24F3N5O3/c1-3-4-16-18(14-5-7-15(8-6-14)21(22,23)24)27(10-9-25-16)12-20(2)13-28-11-17(29(30)31)26-19(28)32-20/h3-8,11,16,18,25H,9-10,12-13H2,1-2H3/t16-,18?,20?/m0/s1. The molecule has 3 heterocycles. The zero-order chi connectivity index (χ0) is 23.1. The van der Waals surface area contributed by atoms with Crippen molar-refractivity contribution in [3.8, 4) is 6.01 Å². The second-order valence-corrected chi connectivity index (χ2v) is 8.36. The van der Waals surface area contributed by atoms with Gasteiger partial charge in [0.05, 0.1) is 18.2 Å². The lowest BCUT2D eigenvalue weighted by Gasteiger charge is -2.44. The highest BCUT2D eigenvalue weighted by Gasteiger charge is 2.44. The van der Waals surface area contributed by atoms with Gasteiger partial charge in [-0.1, -0.05) is 24.3 Å². The number of nitro groups is 1. The van der Waals surface area contributed by atoms with Crippen molar-refractivity contribution in [3.05, 3.63) is 63.9 Å². The second-order valence-electron chi connectivity index (χ2n) is 8.36. The predicted octanol–water partition coefficient (Wildman–Crippen LogP) is 3.55. The maximum absolute atomic E-state index is 13.0. The first-order chi connectivity index (χ1) is 15.1. The molecule has 1 N–H and O–H groups in total. The van der Waals surface area contributed by atoms with Gasteiger partial charge in [0.1, 0.15) is 11.8 Å². The van der Waals surface area contributed by atoms with Crippen molar-refractivity contribution in [3.63, 3.8) is 0 Å². The number of ether oxygens (including phenoxy) is 1. The van der Waals surface area contributed by atoms with Crippen molar-refractivity contribution < 1.29 is 22.8 Å². The van der Waals surface area contributed by atoms with Gasteiger partial charge in [0, 0.05) is 30.7 Å². The van der Waals surface area contributed by atoms with E-state index in [0.29, 0.717) is 26.2 Å². The van der Waals surface area contributed by atoms with Crippen LogP contribution in [0.3, 0.4) is 0 Å². The Morgan fingerprint density at radius 3 is 2.69 bits per heavy atom. The Bertz CT molecular complexity index is 995. The third-order valence-corrected chi connectivity index (χ3v) is 5.79. The van der Waals surface area contributed by atoms with E-state index in [1.165, 1.54) is 18.3 Å². The number of halogens is 3. The van der Waals surface area contributed by atoms with Crippen LogP contribution in [0.4, 0.5) is 19.0 Å². The van der Waals surface area contributed by atoms with Crippen molar-refractivity contribution in [2.24, 2.45) is 0 Å². The van der Waals surface area contributed by atoms with E-state index in [0.717, 1.165) is 17.7 Å². The Morgan fingerprint density at radius 2 is 2.09 bits per heavy atom. The molecule has 0 saturated carbocycles. The van der Waals surface area contributed by atoms with Gasteiger partial charge in [0.15, 0.2) is 0 Å². The highest BCUT2D eigenvalue weighted by atomic mass is 19.4. The van der Waals surface area contributed by atoms with Crippen LogP contribution in [-0.4, -0.2) is 50.7 Å². The van der Waals surface area contributed by atoms with Crippen LogP contribution in [0.5, 0.6) is 6.01 Å². The van der Waals surface area contributed by atoms with Crippen LogP contribution >= 0.6 is 0 Å². The number of hydrogen-bond acceptors (Lipinski definition) is 6. The first-order valence-electron chi connectivity index (χ1n) is 10.3. The van der Waals surface area contributed by atoms with Crippen molar-refractivity contribution in [2.45, 2.75) is 44.3 Å². The lowest BCUT2D eigenvalue weighted by molar-refractivity contribution is -0.389. The molecule has 1 aromatic heterocycles. The predicted molar refractivity (Wildman–Crippen MR) is 110 cm³/mol. The molecule has 0 spiro atoms. The van der Waals surface area contributed by atoms with E-state index in [4.69, 9.17) is 4.74 Å². The number of fused-ring (bicyclic) bond motifs is 1. The van der Waals surface area contributed by atoms with E-state index in [-0.39, 0.29) is 23.9 Å². The Morgan fingerprint density at radius 1 is 1.38 bits per heavy atom. The van der Waals surface area contributed by atoms with Gasteiger partial charge in [0.25, 0.3) is 0 Å². The zero-order valence-corrected chi connectivity index (χ0v) is 17.7. The fraction of sp³-hybridized carbons (Fsp3) is 0.476. The molecule has 3 atom stereocenters. The van der Waals surface area contributed by atoms with Crippen molar-refractivity contribution >= 4 is 5.82 Å². The smallest absolute Gasteiger partial charge is 0.416 e. The van der Waals surface area contributed by atoms with E-state index in [1.54, 1.807) is 4.57 Å². The van der Waals surface area contributed by atoms with Crippen LogP contribution < -0.4 is 10.1 Å². The maximum atomic E-state index is 13.0. The molecule has 2 aliphatic rings. The number of alkyl halides is 3. The molecule has 1 fully saturated rings. The molecule has 1 saturated heterocycles. The number of benzene rings is 1. The molecule has 2 aliphatic heterocycles. The zero-order valence-electron chi connectivity index (χ0n) is 17.7. The molecule has 2 aromatic rings. The minimum Gasteiger partial charge on any atom is -0.436 e. The van der Waals surface area contributed by atoms with Gasteiger partial charge >= 0.3 is 18.0 Å². The summed E-state index contributed by atoms with van der Waals surface area (Å²) in [6.07, 6.45) is 0.885. The van der Waals surface area contributed by atoms with Gasteiger partial charge in [-0.15, -0.1) is 0 Å². The number of piperazine rings is 1. The Kier molecular flexibility index (Phi) is 5.72. The average molecular weight is 451 g/mol. The SMILES string of the molecule is CC=C[C@@H]1NCCN(CC2(C)Cn3cc([N+](=O)[O-])nc3O2)C1c1ccc(C(F)(F)F)cc1. The normalized spacial score (nSPS) is 26.3. The largest absolute Gasteiger partial charge is 0.436 e. The summed E-state index contributed by atoms with van der Waals surface area (Å²) in [4.78, 5) is 16.5. The Labute approximate surface area is 182 Å². The number of nitrogens with zero attached hydrogens (tertiary/aromatic N) is 4. The summed E-state index contributed by atoms with van der Waals surface area (Å²) in [5.41, 5.74) is -0.597. The van der Waals surface area contributed by atoms with Crippen molar-refractivity contribution in [2.75, 3.05) is 19.6 Å². The van der Waals surface area contributed by atoms with Crippen molar-refractivity contribution in [1.82, 2.24) is 19.8 Å². The molecule has 0 bridgehead atoms. The average Bonchev–Trinajstić information content (AvgIpc) is 3.23. The highest BCUT2D eigenvalue weighted by Crippen LogP contribution is 2.36. The molecule has 32 heavy (non-hydrogen) atoms. The maximum Gasteiger partial charge on any atom is 0.416 e. The van der Waals surface area contributed by atoms with Crippen LogP contribution in [0.1, 0.15) is 31.0 Å². The minimum atomic E-state index is -4.39. The number of nitrogens with one attached hydrogen (secondary N) is 1. The fourth-order valence-corrected chi connectivity index (χ4v) is 4.49. The molecular weight excluding hydrogens is 427 g/mol. The van der Waals surface area contributed by atoms with Gasteiger partial charge < -0.3 is 20.2 Å². The molecule has 1 aromatic carbocycles. The van der Waals surface area contributed by atoms with E-state index < -0.39 is 22.3 Å². The van der Waals surface area contributed by atoms with E-state index in [9.17, 15) is 23.3 Å².